The molecule has 100 valence electrons. The summed E-state index contributed by atoms with van der Waals surface area (Å²) >= 11 is 0. The molecule has 0 saturated heterocycles. The Labute approximate surface area is 109 Å². The molecule has 2 fully saturated rings. The van der Waals surface area contributed by atoms with Crippen LogP contribution in [-0.4, -0.2) is 41.4 Å². The molecule has 18 heavy (non-hydrogen) atoms. The standard InChI is InChI=1S/C14H24N4/c1-17(2)7-8-18-14(11-3-4-11)12(10-16-18)9-15-13-5-6-13/h10-11,13,15H,3-9H2,1-2H3. The number of likely N-dealkylation sites (N-methyl/N-ethyl adjacent to an activating group) is 1. The molecule has 0 aliphatic heterocycles. The first-order chi connectivity index (χ1) is 8.74. The van der Waals surface area contributed by atoms with Gasteiger partial charge in [-0.25, -0.2) is 0 Å². The third-order valence-corrected chi connectivity index (χ3v) is 3.84. The molecular formula is C14H24N4. The van der Waals surface area contributed by atoms with Crippen molar-refractivity contribution in [2.45, 2.75) is 50.7 Å². The van der Waals surface area contributed by atoms with Gasteiger partial charge < -0.3 is 10.2 Å². The summed E-state index contributed by atoms with van der Waals surface area (Å²) in [5.74, 6) is 0.783. The van der Waals surface area contributed by atoms with Gasteiger partial charge in [0.2, 0.25) is 0 Å². The monoisotopic (exact) mass is 248 g/mol. The third-order valence-electron chi connectivity index (χ3n) is 3.84. The molecule has 0 spiro atoms. The molecule has 4 nitrogen and oxygen atoms in total. The zero-order chi connectivity index (χ0) is 12.5. The largest absolute Gasteiger partial charge is 0.310 e. The minimum absolute atomic E-state index is 0.780. The van der Waals surface area contributed by atoms with Gasteiger partial charge in [0, 0.05) is 36.3 Å². The zero-order valence-corrected chi connectivity index (χ0v) is 11.5. The van der Waals surface area contributed by atoms with Gasteiger partial charge in [0.15, 0.2) is 0 Å². The molecule has 0 aromatic carbocycles. The Bertz CT molecular complexity index is 378. The van der Waals surface area contributed by atoms with E-state index in [0.29, 0.717) is 0 Å². The molecule has 0 amide bonds. The van der Waals surface area contributed by atoms with Crippen molar-refractivity contribution in [1.82, 2.24) is 20.0 Å². The van der Waals surface area contributed by atoms with Gasteiger partial charge in [0.05, 0.1) is 12.7 Å². The van der Waals surface area contributed by atoms with Crippen molar-refractivity contribution in [1.29, 1.82) is 0 Å². The van der Waals surface area contributed by atoms with E-state index >= 15 is 0 Å². The SMILES string of the molecule is CN(C)CCn1ncc(CNC2CC2)c1C1CC1. The summed E-state index contributed by atoms with van der Waals surface area (Å²) < 4.78 is 2.24. The average Bonchev–Trinajstić information content (AvgIpc) is 3.23. The lowest BCUT2D eigenvalue weighted by molar-refractivity contribution is 0.369. The number of aromatic nitrogens is 2. The smallest absolute Gasteiger partial charge is 0.0539 e. The van der Waals surface area contributed by atoms with Crippen LogP contribution >= 0.6 is 0 Å². The van der Waals surface area contributed by atoms with E-state index in [-0.39, 0.29) is 0 Å². The highest BCUT2D eigenvalue weighted by molar-refractivity contribution is 5.26. The summed E-state index contributed by atoms with van der Waals surface area (Å²) in [7, 11) is 4.24. The molecule has 2 aliphatic rings. The lowest BCUT2D eigenvalue weighted by Crippen LogP contribution is -2.21. The zero-order valence-electron chi connectivity index (χ0n) is 11.5. The molecule has 0 unspecified atom stereocenters. The predicted molar refractivity (Wildman–Crippen MR) is 72.6 cm³/mol. The first-order valence-electron chi connectivity index (χ1n) is 7.16. The fourth-order valence-electron chi connectivity index (χ4n) is 2.41. The number of nitrogens with one attached hydrogen (secondary N) is 1. The Kier molecular flexibility index (Phi) is 3.39. The van der Waals surface area contributed by atoms with Gasteiger partial charge >= 0.3 is 0 Å². The molecule has 0 radical (unpaired) electrons. The molecule has 4 heteroatoms. The Hall–Kier alpha value is -0.870. The van der Waals surface area contributed by atoms with E-state index in [4.69, 9.17) is 0 Å². The molecule has 3 rings (SSSR count). The highest BCUT2D eigenvalue weighted by atomic mass is 15.3. The molecule has 1 aromatic heterocycles. The third kappa shape index (κ3) is 2.93. The van der Waals surface area contributed by atoms with E-state index in [0.717, 1.165) is 31.6 Å². The van der Waals surface area contributed by atoms with Gasteiger partial charge in [0.25, 0.3) is 0 Å². The van der Waals surface area contributed by atoms with Crippen molar-refractivity contribution < 1.29 is 0 Å². The number of nitrogens with zero attached hydrogens (tertiary/aromatic N) is 3. The molecule has 2 aliphatic carbocycles. The normalized spacial score (nSPS) is 19.7. The van der Waals surface area contributed by atoms with E-state index in [1.165, 1.54) is 36.9 Å². The summed E-state index contributed by atoms with van der Waals surface area (Å²) in [6.45, 7) is 3.09. The summed E-state index contributed by atoms with van der Waals surface area (Å²) in [5, 5.41) is 8.21. The van der Waals surface area contributed by atoms with E-state index in [9.17, 15) is 0 Å². The van der Waals surface area contributed by atoms with E-state index in [1.54, 1.807) is 0 Å². The minimum atomic E-state index is 0.780. The molecule has 0 bridgehead atoms. The highest BCUT2D eigenvalue weighted by Crippen LogP contribution is 2.41. The maximum atomic E-state index is 4.60. The first-order valence-corrected chi connectivity index (χ1v) is 7.16. The van der Waals surface area contributed by atoms with Crippen molar-refractivity contribution in [2.24, 2.45) is 0 Å². The van der Waals surface area contributed by atoms with Crippen LogP contribution in [0.3, 0.4) is 0 Å². The van der Waals surface area contributed by atoms with Crippen LogP contribution < -0.4 is 5.32 Å². The maximum absolute atomic E-state index is 4.60. The Morgan fingerprint density at radius 2 is 2.11 bits per heavy atom. The van der Waals surface area contributed by atoms with E-state index in [1.807, 2.05) is 0 Å². The lowest BCUT2D eigenvalue weighted by atomic mass is 10.1. The van der Waals surface area contributed by atoms with E-state index < -0.39 is 0 Å². The highest BCUT2D eigenvalue weighted by Gasteiger charge is 2.30. The van der Waals surface area contributed by atoms with Crippen LogP contribution in [0.1, 0.15) is 42.9 Å². The fourth-order valence-corrected chi connectivity index (χ4v) is 2.41. The summed E-state index contributed by atoms with van der Waals surface area (Å²) in [4.78, 5) is 2.22. The Balaban J connectivity index is 1.67. The Morgan fingerprint density at radius 3 is 2.72 bits per heavy atom. The van der Waals surface area contributed by atoms with Crippen molar-refractivity contribution in [3.05, 3.63) is 17.5 Å². The van der Waals surface area contributed by atoms with Crippen molar-refractivity contribution >= 4 is 0 Å². The predicted octanol–water partition coefficient (Wildman–Crippen LogP) is 1.57. The van der Waals surface area contributed by atoms with Crippen LogP contribution in [0.5, 0.6) is 0 Å². The van der Waals surface area contributed by atoms with Crippen molar-refractivity contribution in [3.8, 4) is 0 Å². The first kappa shape index (κ1) is 12.2. The summed E-state index contributed by atoms with van der Waals surface area (Å²) in [6.07, 6.45) is 7.49. The fraction of sp³-hybridized carbons (Fsp3) is 0.786. The number of hydrogen-bond acceptors (Lipinski definition) is 3. The van der Waals surface area contributed by atoms with Crippen LogP contribution in [0.15, 0.2) is 6.20 Å². The molecule has 1 N–H and O–H groups in total. The number of rotatable bonds is 7. The van der Waals surface area contributed by atoms with E-state index in [2.05, 4.69) is 40.3 Å². The summed E-state index contributed by atoms with van der Waals surface area (Å²) in [6, 6.07) is 0.780. The second-order valence-corrected chi connectivity index (χ2v) is 6.01. The van der Waals surface area contributed by atoms with Gasteiger partial charge in [-0.3, -0.25) is 4.68 Å². The molecule has 0 atom stereocenters. The van der Waals surface area contributed by atoms with Gasteiger partial charge in [-0.05, 0) is 39.8 Å². The van der Waals surface area contributed by atoms with Crippen LogP contribution in [0.2, 0.25) is 0 Å². The van der Waals surface area contributed by atoms with Crippen LogP contribution in [0.4, 0.5) is 0 Å². The van der Waals surface area contributed by atoms with Gasteiger partial charge in [-0.15, -0.1) is 0 Å². The minimum Gasteiger partial charge on any atom is -0.310 e. The molecule has 1 aromatic rings. The molecule has 1 heterocycles. The maximum Gasteiger partial charge on any atom is 0.0539 e. The average molecular weight is 248 g/mol. The second kappa shape index (κ2) is 5.02. The van der Waals surface area contributed by atoms with Gasteiger partial charge in [-0.1, -0.05) is 0 Å². The summed E-state index contributed by atoms with van der Waals surface area (Å²) in [5.41, 5.74) is 2.94. The van der Waals surface area contributed by atoms with Crippen molar-refractivity contribution in [2.75, 3.05) is 20.6 Å². The number of hydrogen-bond donors (Lipinski definition) is 1. The topological polar surface area (TPSA) is 33.1 Å². The van der Waals surface area contributed by atoms with Crippen LogP contribution in [-0.2, 0) is 13.1 Å². The molecular weight excluding hydrogens is 224 g/mol. The van der Waals surface area contributed by atoms with Crippen molar-refractivity contribution in [3.63, 3.8) is 0 Å². The van der Waals surface area contributed by atoms with Gasteiger partial charge in [-0.2, -0.15) is 5.10 Å². The Morgan fingerprint density at radius 1 is 1.33 bits per heavy atom. The quantitative estimate of drug-likeness (QED) is 0.795. The lowest BCUT2D eigenvalue weighted by Gasteiger charge is -2.13. The van der Waals surface area contributed by atoms with Crippen LogP contribution in [0, 0.1) is 0 Å². The van der Waals surface area contributed by atoms with Crippen LogP contribution in [0.25, 0.3) is 0 Å². The molecule has 2 saturated carbocycles. The second-order valence-electron chi connectivity index (χ2n) is 6.01. The van der Waals surface area contributed by atoms with Gasteiger partial charge in [0.1, 0.15) is 0 Å².